The Bertz CT molecular complexity index is 386. The van der Waals surface area contributed by atoms with Crippen LogP contribution in [0.5, 0.6) is 0 Å². The third-order valence-electron chi connectivity index (χ3n) is 2.31. The predicted molar refractivity (Wildman–Crippen MR) is 69.3 cm³/mol. The molecular formula is C11H15BrFNOS. The zero-order chi connectivity index (χ0) is 12.1. The molecule has 0 amide bonds. The normalized spacial score (nSPS) is 14.8. The standard InChI is InChI=1S/C11H15BrFNOS/c1-8(16(2)15)6-14-7-9-3-4-11(13)10(12)5-9/h3-5,8,14H,6-7H2,1-2H3. The van der Waals surface area contributed by atoms with Crippen molar-refractivity contribution < 1.29 is 8.60 Å². The Morgan fingerprint density at radius 3 is 2.81 bits per heavy atom. The van der Waals surface area contributed by atoms with E-state index in [1.807, 2.05) is 6.92 Å². The maximum atomic E-state index is 12.9. The summed E-state index contributed by atoms with van der Waals surface area (Å²) in [6, 6.07) is 4.92. The molecule has 0 aliphatic rings. The van der Waals surface area contributed by atoms with E-state index in [2.05, 4.69) is 21.2 Å². The Labute approximate surface area is 106 Å². The zero-order valence-corrected chi connectivity index (χ0v) is 11.7. The van der Waals surface area contributed by atoms with Crippen LogP contribution in [0, 0.1) is 5.82 Å². The number of benzene rings is 1. The summed E-state index contributed by atoms with van der Waals surface area (Å²) in [7, 11) is -0.808. The lowest BCUT2D eigenvalue weighted by molar-refractivity contribution is 0.617. The molecule has 0 fully saturated rings. The van der Waals surface area contributed by atoms with E-state index in [1.165, 1.54) is 6.07 Å². The quantitative estimate of drug-likeness (QED) is 0.905. The van der Waals surface area contributed by atoms with Gasteiger partial charge in [-0.1, -0.05) is 6.07 Å². The van der Waals surface area contributed by atoms with Gasteiger partial charge >= 0.3 is 0 Å². The molecule has 0 heterocycles. The minimum atomic E-state index is -0.808. The fraction of sp³-hybridized carbons (Fsp3) is 0.455. The molecule has 1 rings (SSSR count). The summed E-state index contributed by atoms with van der Waals surface area (Å²) >= 11 is 3.14. The smallest absolute Gasteiger partial charge is 0.137 e. The molecule has 0 radical (unpaired) electrons. The van der Waals surface area contributed by atoms with Crippen LogP contribution in [-0.2, 0) is 17.3 Å². The second-order valence-electron chi connectivity index (χ2n) is 3.69. The Balaban J connectivity index is 2.43. The van der Waals surface area contributed by atoms with Gasteiger partial charge < -0.3 is 5.32 Å². The van der Waals surface area contributed by atoms with Gasteiger partial charge in [-0.15, -0.1) is 0 Å². The van der Waals surface area contributed by atoms with Crippen molar-refractivity contribution in [2.24, 2.45) is 0 Å². The lowest BCUT2D eigenvalue weighted by Gasteiger charge is -2.10. The molecule has 0 aliphatic heterocycles. The summed E-state index contributed by atoms with van der Waals surface area (Å²) in [6.07, 6.45) is 1.70. The fourth-order valence-electron chi connectivity index (χ4n) is 1.19. The van der Waals surface area contributed by atoms with Crippen LogP contribution < -0.4 is 5.32 Å². The maximum Gasteiger partial charge on any atom is 0.137 e. The van der Waals surface area contributed by atoms with Gasteiger partial charge in [-0.05, 0) is 40.5 Å². The topological polar surface area (TPSA) is 29.1 Å². The van der Waals surface area contributed by atoms with Crippen molar-refractivity contribution in [1.29, 1.82) is 0 Å². The van der Waals surface area contributed by atoms with Crippen LogP contribution in [0.25, 0.3) is 0 Å². The van der Waals surface area contributed by atoms with Crippen LogP contribution in [0.2, 0.25) is 0 Å². The molecule has 0 aliphatic carbocycles. The van der Waals surface area contributed by atoms with Gasteiger partial charge in [-0.2, -0.15) is 0 Å². The highest BCUT2D eigenvalue weighted by atomic mass is 79.9. The number of hydrogen-bond acceptors (Lipinski definition) is 2. The fourth-order valence-corrected chi connectivity index (χ4v) is 1.97. The van der Waals surface area contributed by atoms with Crippen molar-refractivity contribution in [3.8, 4) is 0 Å². The molecule has 0 spiro atoms. The molecule has 1 N–H and O–H groups in total. The van der Waals surface area contributed by atoms with Crippen molar-refractivity contribution >= 4 is 26.7 Å². The van der Waals surface area contributed by atoms with Gasteiger partial charge in [0.1, 0.15) is 5.82 Å². The molecular weight excluding hydrogens is 293 g/mol. The Kier molecular flexibility index (Phi) is 5.58. The largest absolute Gasteiger partial charge is 0.311 e. The average Bonchev–Trinajstić information content (AvgIpc) is 2.23. The summed E-state index contributed by atoms with van der Waals surface area (Å²) in [6.45, 7) is 3.28. The van der Waals surface area contributed by atoms with E-state index in [9.17, 15) is 8.60 Å². The summed E-state index contributed by atoms with van der Waals surface area (Å²) in [5.41, 5.74) is 1.00. The van der Waals surface area contributed by atoms with Crippen LogP contribution in [0.1, 0.15) is 12.5 Å². The second kappa shape index (κ2) is 6.47. The van der Waals surface area contributed by atoms with Crippen molar-refractivity contribution in [2.45, 2.75) is 18.7 Å². The van der Waals surface area contributed by atoms with Gasteiger partial charge in [0.2, 0.25) is 0 Å². The van der Waals surface area contributed by atoms with E-state index < -0.39 is 10.8 Å². The lowest BCUT2D eigenvalue weighted by atomic mass is 10.2. The van der Waals surface area contributed by atoms with E-state index in [4.69, 9.17) is 0 Å². The lowest BCUT2D eigenvalue weighted by Crippen LogP contribution is -2.27. The van der Waals surface area contributed by atoms with Crippen LogP contribution >= 0.6 is 15.9 Å². The highest BCUT2D eigenvalue weighted by molar-refractivity contribution is 9.10. The van der Waals surface area contributed by atoms with Crippen molar-refractivity contribution in [1.82, 2.24) is 5.32 Å². The molecule has 5 heteroatoms. The molecule has 1 aromatic rings. The van der Waals surface area contributed by atoms with Gasteiger partial charge in [0, 0.05) is 35.4 Å². The highest BCUT2D eigenvalue weighted by Gasteiger charge is 2.05. The molecule has 0 saturated carbocycles. The van der Waals surface area contributed by atoms with Crippen molar-refractivity contribution in [2.75, 3.05) is 12.8 Å². The minimum Gasteiger partial charge on any atom is -0.311 e. The molecule has 0 bridgehead atoms. The first-order chi connectivity index (χ1) is 7.50. The third kappa shape index (κ3) is 4.31. The summed E-state index contributed by atoms with van der Waals surface area (Å²) in [4.78, 5) is 0. The Morgan fingerprint density at radius 2 is 2.25 bits per heavy atom. The number of nitrogens with one attached hydrogen (secondary N) is 1. The maximum absolute atomic E-state index is 12.9. The molecule has 1 aromatic carbocycles. The summed E-state index contributed by atoms with van der Waals surface area (Å²) in [5, 5.41) is 3.32. The molecule has 0 aromatic heterocycles. The Morgan fingerprint density at radius 1 is 1.56 bits per heavy atom. The first kappa shape index (κ1) is 13.8. The van der Waals surface area contributed by atoms with E-state index in [0.717, 1.165) is 5.56 Å². The average molecular weight is 308 g/mol. The SMILES string of the molecule is CC(CNCc1ccc(F)c(Br)c1)S(C)=O. The van der Waals surface area contributed by atoms with Crippen molar-refractivity contribution in [3.63, 3.8) is 0 Å². The van der Waals surface area contributed by atoms with Gasteiger partial charge in [0.15, 0.2) is 0 Å². The second-order valence-corrected chi connectivity index (χ2v) is 6.34. The molecule has 0 saturated heterocycles. The van der Waals surface area contributed by atoms with Gasteiger partial charge in [-0.3, -0.25) is 4.21 Å². The van der Waals surface area contributed by atoms with E-state index in [-0.39, 0.29) is 11.1 Å². The predicted octanol–water partition coefficient (Wildman–Crippen LogP) is 2.44. The summed E-state index contributed by atoms with van der Waals surface area (Å²) < 4.78 is 24.5. The van der Waals surface area contributed by atoms with Gasteiger partial charge in [0.05, 0.1) is 4.47 Å². The zero-order valence-electron chi connectivity index (χ0n) is 9.30. The monoisotopic (exact) mass is 307 g/mol. The van der Waals surface area contributed by atoms with Crippen molar-refractivity contribution in [3.05, 3.63) is 34.1 Å². The van der Waals surface area contributed by atoms with Crippen LogP contribution in [0.3, 0.4) is 0 Å². The van der Waals surface area contributed by atoms with Crippen LogP contribution in [-0.4, -0.2) is 22.3 Å². The van der Waals surface area contributed by atoms with E-state index >= 15 is 0 Å². The summed E-state index contributed by atoms with van der Waals surface area (Å²) in [5.74, 6) is -0.258. The van der Waals surface area contributed by atoms with Crippen LogP contribution in [0.4, 0.5) is 4.39 Å². The minimum absolute atomic E-state index is 0.129. The number of hydrogen-bond donors (Lipinski definition) is 1. The first-order valence-electron chi connectivity index (χ1n) is 4.97. The van der Waals surface area contributed by atoms with E-state index in [1.54, 1.807) is 18.4 Å². The van der Waals surface area contributed by atoms with Crippen LogP contribution in [0.15, 0.2) is 22.7 Å². The first-order valence-corrected chi connectivity index (χ1v) is 7.39. The molecule has 2 unspecified atom stereocenters. The van der Waals surface area contributed by atoms with E-state index in [0.29, 0.717) is 17.6 Å². The molecule has 16 heavy (non-hydrogen) atoms. The van der Waals surface area contributed by atoms with Gasteiger partial charge in [-0.25, -0.2) is 4.39 Å². The third-order valence-corrected chi connectivity index (χ3v) is 4.22. The molecule has 2 nitrogen and oxygen atoms in total. The molecule has 90 valence electrons. The number of halogens is 2. The van der Waals surface area contributed by atoms with Gasteiger partial charge in [0.25, 0.3) is 0 Å². The Hall–Kier alpha value is -0.260. The highest BCUT2D eigenvalue weighted by Crippen LogP contribution is 2.16. The number of rotatable bonds is 5. The molecule has 2 atom stereocenters.